The summed E-state index contributed by atoms with van der Waals surface area (Å²) in [6, 6.07) is 49.5. The molecule has 0 spiro atoms. The van der Waals surface area contributed by atoms with Gasteiger partial charge < -0.3 is 4.57 Å². The van der Waals surface area contributed by atoms with E-state index in [1.165, 1.54) is 36.5 Å². The predicted molar refractivity (Wildman–Crippen MR) is 169 cm³/mol. The fourth-order valence-electron chi connectivity index (χ4n) is 6.07. The minimum absolute atomic E-state index is 0.663. The summed E-state index contributed by atoms with van der Waals surface area (Å²) >= 11 is 1.83. The smallest absolute Gasteiger partial charge is 0.0998 e. The number of thiophene rings is 1. The molecular weight excluding hydrogens is 504 g/mol. The molecule has 8 rings (SSSR count). The lowest BCUT2D eigenvalue weighted by molar-refractivity contribution is 1.18. The van der Waals surface area contributed by atoms with Crippen LogP contribution in [-0.2, 0) is 0 Å². The Labute approximate surface area is 235 Å². The van der Waals surface area contributed by atoms with Crippen molar-refractivity contribution in [1.82, 2.24) is 4.57 Å². The van der Waals surface area contributed by atoms with Crippen LogP contribution in [0.4, 0.5) is 0 Å². The highest BCUT2D eigenvalue weighted by atomic mass is 32.1. The molecule has 0 saturated heterocycles. The van der Waals surface area contributed by atoms with E-state index >= 15 is 0 Å². The molecular formula is C37H22N2S. The van der Waals surface area contributed by atoms with E-state index < -0.39 is 0 Å². The Morgan fingerprint density at radius 3 is 1.90 bits per heavy atom. The largest absolute Gasteiger partial charge is 0.309 e. The van der Waals surface area contributed by atoms with E-state index in [1.807, 2.05) is 23.5 Å². The monoisotopic (exact) mass is 526 g/mol. The first-order valence-corrected chi connectivity index (χ1v) is 14.2. The number of rotatable bonds is 3. The second-order valence-electron chi connectivity index (χ2n) is 10.1. The van der Waals surface area contributed by atoms with Crippen LogP contribution in [0.1, 0.15) is 5.56 Å². The Hall–Kier alpha value is -5.17. The van der Waals surface area contributed by atoms with Crippen molar-refractivity contribution in [2.75, 3.05) is 0 Å². The van der Waals surface area contributed by atoms with E-state index in [0.717, 1.165) is 33.4 Å². The standard InChI is InChI=1S/C37H22N2S/c38-23-27-11-8-17-34(39-32-15-4-1-12-28(32)29-13-2-5-16-33(29)39)37(27)26-10-7-9-24(21-26)25-19-20-36-31(22-25)30-14-3-6-18-35(30)40-36/h1-22H. The zero-order valence-corrected chi connectivity index (χ0v) is 22.3. The predicted octanol–water partition coefficient (Wildman–Crippen LogP) is 10.4. The van der Waals surface area contributed by atoms with E-state index in [-0.39, 0.29) is 0 Å². The van der Waals surface area contributed by atoms with Crippen LogP contribution in [0.2, 0.25) is 0 Å². The number of nitriles is 1. The molecule has 0 fully saturated rings. The van der Waals surface area contributed by atoms with Gasteiger partial charge in [-0.05, 0) is 65.2 Å². The molecule has 8 aromatic rings. The molecule has 0 aliphatic heterocycles. The molecule has 0 bridgehead atoms. The summed E-state index contributed by atoms with van der Waals surface area (Å²) in [7, 11) is 0. The van der Waals surface area contributed by atoms with Crippen LogP contribution in [-0.4, -0.2) is 4.57 Å². The van der Waals surface area contributed by atoms with Gasteiger partial charge in [0.1, 0.15) is 0 Å². The number of fused-ring (bicyclic) bond motifs is 6. The first kappa shape index (κ1) is 22.8. The molecule has 0 amide bonds. The third-order valence-corrected chi connectivity index (χ3v) is 9.00. The summed E-state index contributed by atoms with van der Waals surface area (Å²) in [4.78, 5) is 0. The summed E-state index contributed by atoms with van der Waals surface area (Å²) in [5, 5.41) is 15.2. The maximum Gasteiger partial charge on any atom is 0.0998 e. The first-order chi connectivity index (χ1) is 19.8. The molecule has 6 aromatic carbocycles. The number of aromatic nitrogens is 1. The summed E-state index contributed by atoms with van der Waals surface area (Å²) < 4.78 is 4.91. The molecule has 0 N–H and O–H groups in total. The fraction of sp³-hybridized carbons (Fsp3) is 0. The molecule has 2 heterocycles. The van der Waals surface area contributed by atoms with Gasteiger partial charge in [0.25, 0.3) is 0 Å². The first-order valence-electron chi connectivity index (χ1n) is 13.3. The zero-order valence-electron chi connectivity index (χ0n) is 21.5. The van der Waals surface area contributed by atoms with Gasteiger partial charge in [0, 0.05) is 36.5 Å². The Bertz CT molecular complexity index is 2240. The zero-order chi connectivity index (χ0) is 26.6. The van der Waals surface area contributed by atoms with Gasteiger partial charge in [-0.25, -0.2) is 0 Å². The van der Waals surface area contributed by atoms with Crippen molar-refractivity contribution < 1.29 is 0 Å². The molecule has 0 aliphatic carbocycles. The van der Waals surface area contributed by atoms with Gasteiger partial charge in [0.2, 0.25) is 0 Å². The molecule has 186 valence electrons. The summed E-state index contributed by atoms with van der Waals surface area (Å²) in [5.74, 6) is 0. The van der Waals surface area contributed by atoms with Crippen LogP contribution < -0.4 is 0 Å². The Morgan fingerprint density at radius 2 is 1.12 bits per heavy atom. The molecule has 0 radical (unpaired) electrons. The Balaban J connectivity index is 1.36. The minimum atomic E-state index is 0.663. The highest BCUT2D eigenvalue weighted by molar-refractivity contribution is 7.25. The SMILES string of the molecule is N#Cc1cccc(-n2c3ccccc3c3ccccc32)c1-c1cccc(-c2ccc3sc4ccccc4c3c2)c1. The van der Waals surface area contributed by atoms with Gasteiger partial charge in [0.05, 0.1) is 28.4 Å². The van der Waals surface area contributed by atoms with Crippen LogP contribution in [0.3, 0.4) is 0 Å². The van der Waals surface area contributed by atoms with Gasteiger partial charge in [0.15, 0.2) is 0 Å². The van der Waals surface area contributed by atoms with Gasteiger partial charge in [-0.15, -0.1) is 11.3 Å². The lowest BCUT2D eigenvalue weighted by Crippen LogP contribution is -1.99. The van der Waals surface area contributed by atoms with E-state index in [1.54, 1.807) is 0 Å². The number of benzene rings is 6. The third kappa shape index (κ3) is 3.41. The van der Waals surface area contributed by atoms with Crippen molar-refractivity contribution in [2.45, 2.75) is 0 Å². The van der Waals surface area contributed by atoms with E-state index in [9.17, 15) is 5.26 Å². The molecule has 0 aliphatic rings. The Morgan fingerprint density at radius 1 is 0.500 bits per heavy atom. The molecule has 40 heavy (non-hydrogen) atoms. The normalized spacial score (nSPS) is 11.5. The third-order valence-electron chi connectivity index (χ3n) is 7.85. The minimum Gasteiger partial charge on any atom is -0.309 e. The van der Waals surface area contributed by atoms with Crippen LogP contribution in [0.5, 0.6) is 0 Å². The average molecular weight is 527 g/mol. The van der Waals surface area contributed by atoms with E-state index in [0.29, 0.717) is 5.56 Å². The van der Waals surface area contributed by atoms with E-state index in [2.05, 4.69) is 132 Å². The van der Waals surface area contributed by atoms with E-state index in [4.69, 9.17) is 0 Å². The molecule has 2 nitrogen and oxygen atoms in total. The van der Waals surface area contributed by atoms with Crippen molar-refractivity contribution in [3.05, 3.63) is 139 Å². The highest BCUT2D eigenvalue weighted by Crippen LogP contribution is 2.40. The number of hydrogen-bond donors (Lipinski definition) is 0. The molecule has 2 aromatic heterocycles. The van der Waals surface area contributed by atoms with Crippen molar-refractivity contribution in [3.63, 3.8) is 0 Å². The highest BCUT2D eigenvalue weighted by Gasteiger charge is 2.18. The molecule has 0 saturated carbocycles. The van der Waals surface area contributed by atoms with Crippen LogP contribution in [0, 0.1) is 11.3 Å². The lowest BCUT2D eigenvalue weighted by Gasteiger charge is -2.16. The van der Waals surface area contributed by atoms with Crippen molar-refractivity contribution in [2.24, 2.45) is 0 Å². The summed E-state index contributed by atoms with van der Waals surface area (Å²) in [6.07, 6.45) is 0. The van der Waals surface area contributed by atoms with Gasteiger partial charge >= 0.3 is 0 Å². The molecule has 0 atom stereocenters. The summed E-state index contributed by atoms with van der Waals surface area (Å²) in [5.41, 5.74) is 8.21. The number of hydrogen-bond acceptors (Lipinski definition) is 2. The quantitative estimate of drug-likeness (QED) is 0.225. The molecule has 3 heteroatoms. The number of para-hydroxylation sites is 2. The average Bonchev–Trinajstić information content (AvgIpc) is 3.56. The van der Waals surface area contributed by atoms with Crippen molar-refractivity contribution >= 4 is 53.3 Å². The van der Waals surface area contributed by atoms with Gasteiger partial charge in [-0.3, -0.25) is 0 Å². The maximum atomic E-state index is 10.3. The van der Waals surface area contributed by atoms with Crippen LogP contribution in [0.15, 0.2) is 133 Å². The van der Waals surface area contributed by atoms with Crippen LogP contribution in [0.25, 0.3) is 69.9 Å². The fourth-order valence-corrected chi connectivity index (χ4v) is 7.15. The summed E-state index contributed by atoms with van der Waals surface area (Å²) in [6.45, 7) is 0. The van der Waals surface area contributed by atoms with Crippen molar-refractivity contribution in [1.29, 1.82) is 5.26 Å². The van der Waals surface area contributed by atoms with Crippen LogP contribution >= 0.6 is 11.3 Å². The van der Waals surface area contributed by atoms with Gasteiger partial charge in [-0.2, -0.15) is 5.26 Å². The van der Waals surface area contributed by atoms with Gasteiger partial charge in [-0.1, -0.05) is 84.9 Å². The Kier molecular flexibility index (Phi) is 5.10. The number of nitrogens with zero attached hydrogens (tertiary/aromatic N) is 2. The van der Waals surface area contributed by atoms with Crippen molar-refractivity contribution in [3.8, 4) is 34.0 Å². The maximum absolute atomic E-state index is 10.3. The molecule has 0 unspecified atom stereocenters. The second kappa shape index (κ2) is 8.95. The lowest BCUT2D eigenvalue weighted by atomic mass is 9.94. The topological polar surface area (TPSA) is 28.7 Å². The second-order valence-corrected chi connectivity index (χ2v) is 11.2.